The van der Waals surface area contributed by atoms with E-state index in [4.69, 9.17) is 0 Å². The van der Waals surface area contributed by atoms with Crippen molar-refractivity contribution in [3.63, 3.8) is 0 Å². The molecule has 0 saturated carbocycles. The molecular formula is C12H19N2O+. The second kappa shape index (κ2) is 5.51. The van der Waals surface area contributed by atoms with E-state index in [9.17, 15) is 4.79 Å². The van der Waals surface area contributed by atoms with Gasteiger partial charge in [-0.25, -0.2) is 0 Å². The summed E-state index contributed by atoms with van der Waals surface area (Å²) in [5.74, 6) is 0.0104. The molecule has 1 aromatic carbocycles. The molecule has 0 aromatic heterocycles. The van der Waals surface area contributed by atoms with Gasteiger partial charge in [-0.2, -0.15) is 0 Å². The number of likely N-dealkylation sites (N-methyl/N-ethyl adjacent to an activating group) is 1. The minimum atomic E-state index is 0.0104. The number of aryl methyl sites for hydroxylation is 1. The average molecular weight is 207 g/mol. The van der Waals surface area contributed by atoms with Crippen molar-refractivity contribution in [1.29, 1.82) is 0 Å². The molecule has 0 aliphatic carbocycles. The number of amides is 1. The van der Waals surface area contributed by atoms with Crippen molar-refractivity contribution < 1.29 is 9.69 Å². The highest BCUT2D eigenvalue weighted by Crippen LogP contribution is 2.02. The molecule has 82 valence electrons. The Hall–Kier alpha value is -1.35. The molecule has 0 bridgehead atoms. The topological polar surface area (TPSA) is 33.5 Å². The lowest BCUT2D eigenvalue weighted by atomic mass is 10.1. The molecule has 0 atom stereocenters. The zero-order valence-corrected chi connectivity index (χ0v) is 9.63. The summed E-state index contributed by atoms with van der Waals surface area (Å²) >= 11 is 0. The molecule has 0 spiro atoms. The third-order valence-electron chi connectivity index (χ3n) is 2.22. The van der Waals surface area contributed by atoms with Gasteiger partial charge in [-0.05, 0) is 19.1 Å². The summed E-state index contributed by atoms with van der Waals surface area (Å²) < 4.78 is 0. The lowest BCUT2D eigenvalue weighted by Crippen LogP contribution is -3.06. The maximum Gasteiger partial charge on any atom is 0.251 e. The molecule has 1 rings (SSSR count). The Labute approximate surface area is 91.1 Å². The molecule has 0 fully saturated rings. The van der Waals surface area contributed by atoms with Crippen LogP contribution >= 0.6 is 0 Å². The quantitative estimate of drug-likeness (QED) is 0.708. The van der Waals surface area contributed by atoms with Gasteiger partial charge in [0.1, 0.15) is 0 Å². The van der Waals surface area contributed by atoms with Gasteiger partial charge < -0.3 is 10.2 Å². The van der Waals surface area contributed by atoms with E-state index in [1.54, 1.807) is 0 Å². The molecule has 0 aliphatic heterocycles. The number of carbonyl (C=O) groups is 1. The van der Waals surface area contributed by atoms with Crippen molar-refractivity contribution in [1.82, 2.24) is 5.32 Å². The van der Waals surface area contributed by atoms with Crippen molar-refractivity contribution in [3.8, 4) is 0 Å². The van der Waals surface area contributed by atoms with E-state index >= 15 is 0 Å². The molecule has 3 nitrogen and oxygen atoms in total. The fourth-order valence-corrected chi connectivity index (χ4v) is 1.23. The van der Waals surface area contributed by atoms with E-state index in [0.717, 1.165) is 18.7 Å². The number of hydrogen-bond acceptors (Lipinski definition) is 1. The number of nitrogens with one attached hydrogen (secondary N) is 2. The van der Waals surface area contributed by atoms with Gasteiger partial charge >= 0.3 is 0 Å². The Bertz CT molecular complexity index is 317. The van der Waals surface area contributed by atoms with Gasteiger partial charge in [0, 0.05) is 5.56 Å². The Morgan fingerprint density at radius 3 is 2.40 bits per heavy atom. The van der Waals surface area contributed by atoms with Crippen LogP contribution in [0.4, 0.5) is 0 Å². The molecule has 0 radical (unpaired) electrons. The van der Waals surface area contributed by atoms with E-state index in [0.29, 0.717) is 0 Å². The van der Waals surface area contributed by atoms with E-state index in [1.807, 2.05) is 31.2 Å². The van der Waals surface area contributed by atoms with Gasteiger partial charge in [-0.3, -0.25) is 4.79 Å². The van der Waals surface area contributed by atoms with Crippen LogP contribution in [0.5, 0.6) is 0 Å². The Morgan fingerprint density at radius 1 is 1.27 bits per heavy atom. The summed E-state index contributed by atoms with van der Waals surface area (Å²) in [6, 6.07) is 7.61. The highest BCUT2D eigenvalue weighted by atomic mass is 16.1. The number of hydrogen-bond donors (Lipinski definition) is 2. The zero-order chi connectivity index (χ0) is 11.3. The van der Waals surface area contributed by atoms with Gasteiger partial charge in [0.2, 0.25) is 0 Å². The predicted octanol–water partition coefficient (Wildman–Crippen LogP) is -0.131. The monoisotopic (exact) mass is 207 g/mol. The maximum absolute atomic E-state index is 11.6. The Morgan fingerprint density at radius 2 is 1.87 bits per heavy atom. The molecule has 15 heavy (non-hydrogen) atoms. The predicted molar refractivity (Wildman–Crippen MR) is 61.2 cm³/mol. The van der Waals surface area contributed by atoms with Crippen LogP contribution in [0.3, 0.4) is 0 Å². The molecule has 0 heterocycles. The van der Waals surface area contributed by atoms with Crippen molar-refractivity contribution in [3.05, 3.63) is 35.4 Å². The summed E-state index contributed by atoms with van der Waals surface area (Å²) in [5.41, 5.74) is 1.90. The first-order valence-corrected chi connectivity index (χ1v) is 5.23. The first kappa shape index (κ1) is 11.7. The second-order valence-electron chi connectivity index (χ2n) is 4.08. The van der Waals surface area contributed by atoms with Gasteiger partial charge in [0.25, 0.3) is 5.91 Å². The van der Waals surface area contributed by atoms with Crippen molar-refractivity contribution in [2.45, 2.75) is 6.92 Å². The Balaban J connectivity index is 2.43. The highest BCUT2D eigenvalue weighted by Gasteiger charge is 2.04. The van der Waals surface area contributed by atoms with E-state index in [2.05, 4.69) is 19.4 Å². The fraction of sp³-hybridized carbons (Fsp3) is 0.417. The first-order chi connectivity index (χ1) is 7.09. The third-order valence-corrected chi connectivity index (χ3v) is 2.22. The lowest BCUT2D eigenvalue weighted by Gasteiger charge is -2.08. The van der Waals surface area contributed by atoms with E-state index < -0.39 is 0 Å². The summed E-state index contributed by atoms with van der Waals surface area (Å²) in [6.45, 7) is 3.67. The minimum Gasteiger partial charge on any atom is -0.346 e. The standard InChI is InChI=1S/C12H18N2O/c1-10-4-6-11(7-5-10)12(15)13-8-9-14(2)3/h4-7H,8-9H2,1-3H3,(H,13,15)/p+1. The molecule has 1 aromatic rings. The zero-order valence-electron chi connectivity index (χ0n) is 9.63. The smallest absolute Gasteiger partial charge is 0.251 e. The average Bonchev–Trinajstić information content (AvgIpc) is 2.18. The summed E-state index contributed by atoms with van der Waals surface area (Å²) in [7, 11) is 4.13. The number of benzene rings is 1. The lowest BCUT2D eigenvalue weighted by molar-refractivity contribution is -0.856. The molecule has 1 amide bonds. The SMILES string of the molecule is Cc1ccc(C(=O)NCC[NH+](C)C)cc1. The van der Waals surface area contributed by atoms with Crippen LogP contribution in [0, 0.1) is 6.92 Å². The number of quaternary nitrogens is 1. The first-order valence-electron chi connectivity index (χ1n) is 5.23. The third kappa shape index (κ3) is 4.13. The van der Waals surface area contributed by atoms with Crippen LogP contribution in [0.25, 0.3) is 0 Å². The number of carbonyl (C=O) groups excluding carboxylic acids is 1. The molecule has 3 heteroatoms. The summed E-state index contributed by atoms with van der Waals surface area (Å²) in [4.78, 5) is 12.9. The van der Waals surface area contributed by atoms with Crippen LogP contribution in [0.15, 0.2) is 24.3 Å². The molecule has 0 aliphatic rings. The Kier molecular flexibility index (Phi) is 4.31. The molecule has 2 N–H and O–H groups in total. The number of rotatable bonds is 4. The van der Waals surface area contributed by atoms with Gasteiger partial charge in [-0.1, -0.05) is 17.7 Å². The summed E-state index contributed by atoms with van der Waals surface area (Å²) in [6.07, 6.45) is 0. The minimum absolute atomic E-state index is 0.0104. The van der Waals surface area contributed by atoms with Crippen molar-refractivity contribution in [2.24, 2.45) is 0 Å². The normalized spacial score (nSPS) is 10.4. The second-order valence-corrected chi connectivity index (χ2v) is 4.08. The summed E-state index contributed by atoms with van der Waals surface area (Å²) in [5, 5.41) is 2.89. The van der Waals surface area contributed by atoms with Crippen LogP contribution in [0.2, 0.25) is 0 Å². The molecular weight excluding hydrogens is 188 g/mol. The maximum atomic E-state index is 11.6. The van der Waals surface area contributed by atoms with Crippen LogP contribution in [0.1, 0.15) is 15.9 Å². The van der Waals surface area contributed by atoms with Gasteiger partial charge in [0.05, 0.1) is 27.2 Å². The van der Waals surface area contributed by atoms with Crippen LogP contribution in [-0.2, 0) is 0 Å². The molecule has 0 saturated heterocycles. The van der Waals surface area contributed by atoms with Crippen LogP contribution < -0.4 is 10.2 Å². The van der Waals surface area contributed by atoms with Crippen molar-refractivity contribution in [2.75, 3.05) is 27.2 Å². The van der Waals surface area contributed by atoms with E-state index in [1.165, 1.54) is 10.5 Å². The van der Waals surface area contributed by atoms with Gasteiger partial charge in [0.15, 0.2) is 0 Å². The highest BCUT2D eigenvalue weighted by molar-refractivity contribution is 5.94. The van der Waals surface area contributed by atoms with Crippen molar-refractivity contribution >= 4 is 5.91 Å². The van der Waals surface area contributed by atoms with Gasteiger partial charge in [-0.15, -0.1) is 0 Å². The fourth-order valence-electron chi connectivity index (χ4n) is 1.23. The van der Waals surface area contributed by atoms with E-state index in [-0.39, 0.29) is 5.91 Å². The van der Waals surface area contributed by atoms with Crippen LogP contribution in [-0.4, -0.2) is 33.1 Å². The molecule has 0 unspecified atom stereocenters. The largest absolute Gasteiger partial charge is 0.346 e.